The van der Waals surface area contributed by atoms with E-state index in [0.717, 1.165) is 18.7 Å². The number of rotatable bonds is 12. The van der Waals surface area contributed by atoms with Gasteiger partial charge in [-0.25, -0.2) is 4.79 Å². The molecule has 0 aliphatic heterocycles. The minimum Gasteiger partial charge on any atom is -0.463 e. The van der Waals surface area contributed by atoms with Crippen LogP contribution in [0.1, 0.15) is 48.2 Å². The van der Waals surface area contributed by atoms with Crippen molar-refractivity contribution in [1.29, 1.82) is 0 Å². The minimum atomic E-state index is -0.949. The van der Waals surface area contributed by atoms with E-state index in [1.165, 1.54) is 0 Å². The molecule has 0 saturated carbocycles. The molecule has 0 fully saturated rings. The van der Waals surface area contributed by atoms with Crippen LogP contribution in [-0.4, -0.2) is 55.0 Å². The van der Waals surface area contributed by atoms with Crippen LogP contribution in [0.15, 0.2) is 64.2 Å². The van der Waals surface area contributed by atoms with Gasteiger partial charge in [0.2, 0.25) is 0 Å². The van der Waals surface area contributed by atoms with Crippen molar-refractivity contribution < 1.29 is 19.1 Å². The summed E-state index contributed by atoms with van der Waals surface area (Å²) in [6, 6.07) is 11.2. The molecule has 0 bridgehead atoms. The van der Waals surface area contributed by atoms with Crippen molar-refractivity contribution in [3.05, 3.63) is 85.9 Å². The van der Waals surface area contributed by atoms with Gasteiger partial charge in [-0.3, -0.25) is 9.59 Å². The molecule has 0 spiro atoms. The lowest BCUT2D eigenvalue weighted by Gasteiger charge is -2.21. The minimum absolute atomic E-state index is 0.180. The summed E-state index contributed by atoms with van der Waals surface area (Å²) in [7, 11) is 0. The van der Waals surface area contributed by atoms with Crippen LogP contribution in [-0.2, 0) is 20.7 Å². The van der Waals surface area contributed by atoms with Crippen molar-refractivity contribution >= 4 is 58.3 Å². The summed E-state index contributed by atoms with van der Waals surface area (Å²) < 4.78 is 5.55. The van der Waals surface area contributed by atoms with Gasteiger partial charge in [0.15, 0.2) is 0 Å². The number of likely N-dealkylation sites (N-methyl/N-ethyl adjacent to an activating group) is 1. The highest BCUT2D eigenvalue weighted by Gasteiger charge is 2.26. The Bertz CT molecular complexity index is 1270. The zero-order valence-electron chi connectivity index (χ0n) is 22.9. The predicted octanol–water partition coefficient (Wildman–Crippen LogP) is 6.22. The Hall–Kier alpha value is -2.84. The van der Waals surface area contributed by atoms with E-state index >= 15 is 0 Å². The smallest absolute Gasteiger partial charge is 0.329 e. The SMILES string of the molecule is CCN(CC)CCOC(=O)C(Cc1ccc(NC(=O)C2=C(Cl)CCC=C2Cl)cc1)NC(=O)c1c(C)cccc1Cl. The van der Waals surface area contributed by atoms with E-state index in [1.807, 2.05) is 13.8 Å². The molecule has 0 radical (unpaired) electrons. The molecule has 0 heterocycles. The molecule has 1 aliphatic rings. The molecule has 1 atom stereocenters. The number of nitrogens with one attached hydrogen (secondary N) is 2. The topological polar surface area (TPSA) is 87.7 Å². The van der Waals surface area contributed by atoms with E-state index in [-0.39, 0.29) is 18.6 Å². The molecule has 1 unspecified atom stereocenters. The molecule has 40 heavy (non-hydrogen) atoms. The average Bonchev–Trinajstić information content (AvgIpc) is 2.91. The van der Waals surface area contributed by atoms with Crippen LogP contribution < -0.4 is 10.6 Å². The number of hydrogen-bond acceptors (Lipinski definition) is 5. The summed E-state index contributed by atoms with van der Waals surface area (Å²) in [5.74, 6) is -1.39. The second kappa shape index (κ2) is 15.2. The molecule has 2 N–H and O–H groups in total. The summed E-state index contributed by atoms with van der Waals surface area (Å²) >= 11 is 18.7. The lowest BCUT2D eigenvalue weighted by molar-refractivity contribution is -0.146. The largest absolute Gasteiger partial charge is 0.463 e. The second-order valence-electron chi connectivity index (χ2n) is 9.38. The van der Waals surface area contributed by atoms with Crippen molar-refractivity contribution in [1.82, 2.24) is 10.2 Å². The van der Waals surface area contributed by atoms with Crippen LogP contribution in [0.3, 0.4) is 0 Å². The Kier molecular flexibility index (Phi) is 12.1. The Balaban J connectivity index is 1.73. The van der Waals surface area contributed by atoms with Gasteiger partial charge in [-0.15, -0.1) is 0 Å². The van der Waals surface area contributed by atoms with Gasteiger partial charge in [0, 0.05) is 23.7 Å². The van der Waals surface area contributed by atoms with E-state index in [2.05, 4.69) is 15.5 Å². The van der Waals surface area contributed by atoms with E-state index in [4.69, 9.17) is 39.5 Å². The maximum absolute atomic E-state index is 13.2. The molecular formula is C30H34Cl3N3O4. The van der Waals surface area contributed by atoms with Gasteiger partial charge in [0.25, 0.3) is 11.8 Å². The number of halogens is 3. The lowest BCUT2D eigenvalue weighted by atomic mass is 10.0. The molecule has 3 rings (SSSR count). The molecule has 0 saturated heterocycles. The maximum atomic E-state index is 13.2. The quantitative estimate of drug-likeness (QED) is 0.280. The molecule has 7 nitrogen and oxygen atoms in total. The number of esters is 1. The van der Waals surface area contributed by atoms with Crippen LogP contribution in [0, 0.1) is 6.92 Å². The van der Waals surface area contributed by atoms with Crippen molar-refractivity contribution in [2.75, 3.05) is 31.6 Å². The first-order valence-corrected chi connectivity index (χ1v) is 14.4. The van der Waals surface area contributed by atoms with Gasteiger partial charge in [-0.1, -0.05) is 79.0 Å². The van der Waals surface area contributed by atoms with Crippen molar-refractivity contribution in [3.8, 4) is 0 Å². The summed E-state index contributed by atoms with van der Waals surface area (Å²) in [5, 5.41) is 6.67. The Labute approximate surface area is 250 Å². The number of allylic oxidation sites excluding steroid dienone is 2. The van der Waals surface area contributed by atoms with Gasteiger partial charge in [0.05, 0.1) is 21.2 Å². The molecule has 2 amide bonds. The summed E-state index contributed by atoms with van der Waals surface area (Å²) in [4.78, 5) is 41.1. The molecule has 2 aromatic carbocycles. The van der Waals surface area contributed by atoms with Crippen LogP contribution in [0.5, 0.6) is 0 Å². The lowest BCUT2D eigenvalue weighted by Crippen LogP contribution is -2.44. The van der Waals surface area contributed by atoms with Crippen LogP contribution >= 0.6 is 34.8 Å². The number of benzene rings is 2. The third-order valence-electron chi connectivity index (χ3n) is 6.66. The monoisotopic (exact) mass is 605 g/mol. The van der Waals surface area contributed by atoms with Gasteiger partial charge in [-0.05, 0) is 62.2 Å². The molecular weight excluding hydrogens is 573 g/mol. The second-order valence-corrected chi connectivity index (χ2v) is 10.6. The van der Waals surface area contributed by atoms with Crippen molar-refractivity contribution in [2.45, 2.75) is 46.1 Å². The fourth-order valence-corrected chi connectivity index (χ4v) is 5.29. The number of hydrogen-bond donors (Lipinski definition) is 2. The number of nitrogens with zero attached hydrogens (tertiary/aromatic N) is 1. The third-order valence-corrected chi connectivity index (χ3v) is 7.70. The van der Waals surface area contributed by atoms with E-state index in [1.54, 1.807) is 55.5 Å². The zero-order valence-corrected chi connectivity index (χ0v) is 25.1. The number of carbonyl (C=O) groups is 3. The van der Waals surface area contributed by atoms with Crippen LogP contribution in [0.2, 0.25) is 5.02 Å². The normalized spacial score (nSPS) is 14.0. The van der Waals surface area contributed by atoms with E-state index < -0.39 is 23.8 Å². The fourth-order valence-electron chi connectivity index (χ4n) is 4.33. The fraction of sp³-hybridized carbons (Fsp3) is 0.367. The highest BCUT2D eigenvalue weighted by atomic mass is 35.5. The first-order valence-electron chi connectivity index (χ1n) is 13.2. The highest BCUT2D eigenvalue weighted by molar-refractivity contribution is 6.40. The number of anilines is 1. The number of aryl methyl sites for hydroxylation is 1. The third kappa shape index (κ3) is 8.58. The number of ether oxygens (including phenoxy) is 1. The zero-order chi connectivity index (χ0) is 29.2. The maximum Gasteiger partial charge on any atom is 0.329 e. The Morgan fingerprint density at radius 3 is 2.33 bits per heavy atom. The van der Waals surface area contributed by atoms with Gasteiger partial charge in [-0.2, -0.15) is 0 Å². The first-order chi connectivity index (χ1) is 19.1. The highest BCUT2D eigenvalue weighted by Crippen LogP contribution is 2.31. The summed E-state index contributed by atoms with van der Waals surface area (Å²) in [6.07, 6.45) is 3.20. The molecule has 214 valence electrons. The summed E-state index contributed by atoms with van der Waals surface area (Å²) in [5.41, 5.74) is 2.57. The molecule has 0 aromatic heterocycles. The van der Waals surface area contributed by atoms with Crippen LogP contribution in [0.4, 0.5) is 5.69 Å². The number of amides is 2. The predicted molar refractivity (Wildman–Crippen MR) is 161 cm³/mol. The molecule has 10 heteroatoms. The van der Waals surface area contributed by atoms with Crippen molar-refractivity contribution in [3.63, 3.8) is 0 Å². The van der Waals surface area contributed by atoms with E-state index in [9.17, 15) is 14.4 Å². The Morgan fingerprint density at radius 1 is 1.00 bits per heavy atom. The Morgan fingerprint density at radius 2 is 1.70 bits per heavy atom. The summed E-state index contributed by atoms with van der Waals surface area (Å²) in [6.45, 7) is 8.35. The van der Waals surface area contributed by atoms with Gasteiger partial charge >= 0.3 is 5.97 Å². The van der Waals surface area contributed by atoms with Crippen LogP contribution in [0.25, 0.3) is 0 Å². The molecule has 2 aromatic rings. The average molecular weight is 607 g/mol. The van der Waals surface area contributed by atoms with Gasteiger partial charge in [0.1, 0.15) is 12.6 Å². The molecule has 1 aliphatic carbocycles. The van der Waals surface area contributed by atoms with Gasteiger partial charge < -0.3 is 20.3 Å². The van der Waals surface area contributed by atoms with Crippen molar-refractivity contribution in [2.24, 2.45) is 0 Å². The number of carbonyl (C=O) groups excluding carboxylic acids is 3. The first kappa shape index (κ1) is 31.7. The van der Waals surface area contributed by atoms with E-state index in [0.29, 0.717) is 51.3 Å². The standard InChI is InChI=1S/C30H34Cl3N3O4/c1-4-36(5-2)16-17-40-30(39)25(35-28(37)26-19(3)8-6-9-22(26)31)18-20-12-14-21(15-13-20)34-29(38)27-23(32)10-7-11-24(27)33/h6,8-10,12-15,25H,4-5,7,11,16-18H2,1-3H3,(H,34,38)(H,35,37).